The van der Waals surface area contributed by atoms with E-state index < -0.39 is 0 Å². The minimum absolute atomic E-state index is 0.256. The fourth-order valence-corrected chi connectivity index (χ4v) is 4.41. The van der Waals surface area contributed by atoms with Gasteiger partial charge in [0.25, 0.3) is 0 Å². The molecule has 0 unspecified atom stereocenters. The second-order valence-corrected chi connectivity index (χ2v) is 8.10. The lowest BCUT2D eigenvalue weighted by Crippen LogP contribution is -2.05. The number of phenols is 1. The first-order valence-electron chi connectivity index (χ1n) is 8.07. The molecule has 0 amide bonds. The lowest BCUT2D eigenvalue weighted by molar-refractivity contribution is 0.475. The summed E-state index contributed by atoms with van der Waals surface area (Å²) in [6.07, 6.45) is 0.839. The molecule has 3 aromatic rings. The minimum Gasteiger partial charge on any atom is -0.508 e. The first-order valence-corrected chi connectivity index (χ1v) is 9.74. The van der Waals surface area contributed by atoms with Gasteiger partial charge in [0.2, 0.25) is 0 Å². The molecule has 0 spiro atoms. The fourth-order valence-electron chi connectivity index (χ4n) is 2.91. The normalized spacial score (nSPS) is 16.7. The van der Waals surface area contributed by atoms with Gasteiger partial charge < -0.3 is 5.11 Å². The van der Waals surface area contributed by atoms with Crippen molar-refractivity contribution in [3.05, 3.63) is 88.4 Å². The zero-order chi connectivity index (χ0) is 17.2. The van der Waals surface area contributed by atoms with Gasteiger partial charge in [0.15, 0.2) is 0 Å². The highest BCUT2D eigenvalue weighted by molar-refractivity contribution is 9.10. The number of rotatable bonds is 2. The Bertz CT molecular complexity index is 919. The summed E-state index contributed by atoms with van der Waals surface area (Å²) in [5, 5.41) is 9.85. The van der Waals surface area contributed by atoms with Crippen molar-refractivity contribution >= 4 is 39.1 Å². The molecule has 1 aliphatic heterocycles. The van der Waals surface area contributed by atoms with Crippen LogP contribution in [0, 0.1) is 0 Å². The predicted molar refractivity (Wildman–Crippen MR) is 108 cm³/mol. The average Bonchev–Trinajstić information content (AvgIpc) is 2.82. The van der Waals surface area contributed by atoms with Crippen LogP contribution in [0.15, 0.2) is 87.2 Å². The van der Waals surface area contributed by atoms with Gasteiger partial charge in [0.1, 0.15) is 5.75 Å². The van der Waals surface area contributed by atoms with Crippen molar-refractivity contribution < 1.29 is 5.11 Å². The van der Waals surface area contributed by atoms with Crippen LogP contribution in [-0.2, 0) is 0 Å². The SMILES string of the molecule is Oc1ccc([C@H]2CC(c3ccc(Br)cc3)=Nc3ccccc3S2)cc1. The van der Waals surface area contributed by atoms with Crippen LogP contribution in [0.25, 0.3) is 0 Å². The van der Waals surface area contributed by atoms with E-state index in [0.29, 0.717) is 5.75 Å². The molecule has 0 aromatic heterocycles. The molecule has 0 aliphatic carbocycles. The van der Waals surface area contributed by atoms with E-state index in [4.69, 9.17) is 4.99 Å². The van der Waals surface area contributed by atoms with Gasteiger partial charge in [-0.15, -0.1) is 11.8 Å². The standard InChI is InChI=1S/C21H16BrNOS/c22-16-9-5-14(6-10-16)19-13-21(15-7-11-17(24)12-8-15)25-20-4-2-1-3-18(20)23-19/h1-12,21,24H,13H2/t21-/m1/s1. The molecule has 124 valence electrons. The second kappa shape index (κ2) is 7.06. The number of phenolic OH excluding ortho intramolecular Hbond substituents is 1. The molecule has 25 heavy (non-hydrogen) atoms. The minimum atomic E-state index is 0.256. The van der Waals surface area contributed by atoms with Gasteiger partial charge in [-0.05, 0) is 47.5 Å². The number of hydrogen-bond donors (Lipinski definition) is 1. The predicted octanol–water partition coefficient (Wildman–Crippen LogP) is 6.51. The number of fused-ring (bicyclic) bond motifs is 1. The third-order valence-electron chi connectivity index (χ3n) is 4.21. The molecule has 1 N–H and O–H groups in total. The number of halogens is 1. The van der Waals surface area contributed by atoms with Crippen molar-refractivity contribution in [3.63, 3.8) is 0 Å². The van der Waals surface area contributed by atoms with Crippen molar-refractivity contribution in [1.82, 2.24) is 0 Å². The molecule has 4 heteroatoms. The van der Waals surface area contributed by atoms with Crippen LogP contribution in [0.1, 0.15) is 22.8 Å². The van der Waals surface area contributed by atoms with E-state index in [1.807, 2.05) is 30.0 Å². The van der Waals surface area contributed by atoms with Gasteiger partial charge in [-0.2, -0.15) is 0 Å². The molecule has 1 aliphatic rings. The number of hydrogen-bond acceptors (Lipinski definition) is 3. The van der Waals surface area contributed by atoms with Gasteiger partial charge in [-0.25, -0.2) is 0 Å². The highest BCUT2D eigenvalue weighted by atomic mass is 79.9. The molecule has 1 atom stereocenters. The van der Waals surface area contributed by atoms with Gasteiger partial charge in [0, 0.05) is 26.8 Å². The molecule has 0 radical (unpaired) electrons. The molecule has 2 nitrogen and oxygen atoms in total. The number of aromatic hydroxyl groups is 1. The summed E-state index contributed by atoms with van der Waals surface area (Å²) < 4.78 is 1.07. The van der Waals surface area contributed by atoms with E-state index in [1.165, 1.54) is 10.5 Å². The number of aliphatic imine (C=N–C) groups is 1. The van der Waals surface area contributed by atoms with E-state index in [1.54, 1.807) is 12.1 Å². The van der Waals surface area contributed by atoms with Crippen LogP contribution in [0.4, 0.5) is 5.69 Å². The van der Waals surface area contributed by atoms with Crippen LogP contribution in [0.2, 0.25) is 0 Å². The Balaban J connectivity index is 1.78. The van der Waals surface area contributed by atoms with Crippen molar-refractivity contribution in [2.24, 2.45) is 4.99 Å². The van der Waals surface area contributed by atoms with Crippen molar-refractivity contribution in [3.8, 4) is 5.75 Å². The molecule has 0 saturated carbocycles. The monoisotopic (exact) mass is 409 g/mol. The van der Waals surface area contributed by atoms with Gasteiger partial charge in [0.05, 0.1) is 5.69 Å². The van der Waals surface area contributed by atoms with Crippen molar-refractivity contribution in [2.45, 2.75) is 16.6 Å². The Hall–Kier alpha value is -2.04. The zero-order valence-electron chi connectivity index (χ0n) is 13.4. The molecule has 4 rings (SSSR count). The maximum Gasteiger partial charge on any atom is 0.115 e. The summed E-state index contributed by atoms with van der Waals surface area (Å²) in [5.74, 6) is 0.296. The quantitative estimate of drug-likeness (QED) is 0.522. The van der Waals surface area contributed by atoms with Crippen molar-refractivity contribution in [2.75, 3.05) is 0 Å². The highest BCUT2D eigenvalue weighted by Gasteiger charge is 2.22. The number of nitrogens with zero attached hydrogens (tertiary/aromatic N) is 1. The summed E-state index contributed by atoms with van der Waals surface area (Å²) in [4.78, 5) is 6.15. The molecule has 0 bridgehead atoms. The molecule has 0 saturated heterocycles. The third kappa shape index (κ3) is 3.65. The van der Waals surface area contributed by atoms with Gasteiger partial charge in [-0.1, -0.05) is 52.3 Å². The number of para-hydroxylation sites is 1. The number of thioether (sulfide) groups is 1. The highest BCUT2D eigenvalue weighted by Crippen LogP contribution is 2.45. The van der Waals surface area contributed by atoms with Crippen LogP contribution in [0.5, 0.6) is 5.75 Å². The average molecular weight is 410 g/mol. The summed E-state index contributed by atoms with van der Waals surface area (Å²) in [6, 6.07) is 24.1. The van der Waals surface area contributed by atoms with Crippen LogP contribution < -0.4 is 0 Å². The molecule has 0 fully saturated rings. The van der Waals surface area contributed by atoms with E-state index in [-0.39, 0.29) is 5.25 Å². The first kappa shape index (κ1) is 16.4. The van der Waals surface area contributed by atoms with Gasteiger partial charge >= 0.3 is 0 Å². The maximum atomic E-state index is 9.59. The van der Waals surface area contributed by atoms with E-state index in [0.717, 1.165) is 27.9 Å². The maximum absolute atomic E-state index is 9.59. The van der Waals surface area contributed by atoms with Crippen LogP contribution in [0.3, 0.4) is 0 Å². The summed E-state index contributed by atoms with van der Waals surface area (Å²) in [6.45, 7) is 0. The molecular formula is C21H16BrNOS. The van der Waals surface area contributed by atoms with Crippen molar-refractivity contribution in [1.29, 1.82) is 0 Å². The third-order valence-corrected chi connectivity index (χ3v) is 6.06. The molecule has 1 heterocycles. The second-order valence-electron chi connectivity index (χ2n) is 5.94. The largest absolute Gasteiger partial charge is 0.508 e. The van der Waals surface area contributed by atoms with E-state index in [9.17, 15) is 5.11 Å². The summed E-state index contributed by atoms with van der Waals surface area (Å²) in [7, 11) is 0. The topological polar surface area (TPSA) is 32.6 Å². The van der Waals surface area contributed by atoms with Crippen LogP contribution >= 0.6 is 27.7 Å². The lowest BCUT2D eigenvalue weighted by atomic mass is 10.0. The molecular weight excluding hydrogens is 394 g/mol. The Morgan fingerprint density at radius 2 is 1.64 bits per heavy atom. The molecule has 3 aromatic carbocycles. The van der Waals surface area contributed by atoms with Gasteiger partial charge in [-0.3, -0.25) is 4.99 Å². The Labute approximate surface area is 159 Å². The fraction of sp³-hybridized carbons (Fsp3) is 0.0952. The number of benzene rings is 3. The smallest absolute Gasteiger partial charge is 0.115 e. The summed E-state index contributed by atoms with van der Waals surface area (Å²) in [5.41, 5.74) is 4.45. The lowest BCUT2D eigenvalue weighted by Gasteiger charge is -2.16. The zero-order valence-corrected chi connectivity index (χ0v) is 15.8. The first-order chi connectivity index (χ1) is 12.2. The Kier molecular flexibility index (Phi) is 4.64. The Morgan fingerprint density at radius 1 is 0.920 bits per heavy atom. The van der Waals surface area contributed by atoms with E-state index in [2.05, 4.69) is 58.4 Å². The Morgan fingerprint density at radius 3 is 2.40 bits per heavy atom. The summed E-state index contributed by atoms with van der Waals surface area (Å²) >= 11 is 5.33. The van der Waals surface area contributed by atoms with Crippen LogP contribution in [-0.4, -0.2) is 10.8 Å². The van der Waals surface area contributed by atoms with E-state index >= 15 is 0 Å².